The summed E-state index contributed by atoms with van der Waals surface area (Å²) in [6.45, 7) is 3.62. The topological polar surface area (TPSA) is 43.8 Å². The highest BCUT2D eigenvalue weighted by Gasteiger charge is 2.27. The molecule has 2 aliphatic heterocycles. The molecule has 0 aliphatic carbocycles. The number of rotatable bonds is 3. The summed E-state index contributed by atoms with van der Waals surface area (Å²) in [7, 11) is 0. The van der Waals surface area contributed by atoms with Crippen molar-refractivity contribution in [3.05, 3.63) is 0 Å². The molecule has 0 radical (unpaired) electrons. The van der Waals surface area contributed by atoms with Gasteiger partial charge in [-0.3, -0.25) is 9.69 Å². The van der Waals surface area contributed by atoms with Crippen LogP contribution in [0.3, 0.4) is 0 Å². The Labute approximate surface area is 110 Å². The summed E-state index contributed by atoms with van der Waals surface area (Å²) in [4.78, 5) is 16.5. The van der Waals surface area contributed by atoms with Crippen LogP contribution in [0.15, 0.2) is 0 Å². The Kier molecular flexibility index (Phi) is 5.45. The second-order valence-corrected chi connectivity index (χ2v) is 5.61. The number of carbonyl (C=O) groups excluding carboxylic acids is 1. The summed E-state index contributed by atoms with van der Waals surface area (Å²) < 4.78 is 0. The van der Waals surface area contributed by atoms with Crippen molar-refractivity contribution in [2.24, 2.45) is 0 Å². The molecule has 4 heteroatoms. The predicted octanol–water partition coefficient (Wildman–Crippen LogP) is 1.24. The van der Waals surface area contributed by atoms with Crippen molar-refractivity contribution < 1.29 is 9.90 Å². The molecular weight excluding hydrogens is 228 g/mol. The summed E-state index contributed by atoms with van der Waals surface area (Å²) in [5, 5.41) is 9.35. The summed E-state index contributed by atoms with van der Waals surface area (Å²) in [6.07, 6.45) is 8.22. The van der Waals surface area contributed by atoms with Gasteiger partial charge in [0.15, 0.2) is 0 Å². The van der Waals surface area contributed by atoms with E-state index in [1.54, 1.807) is 0 Å². The second kappa shape index (κ2) is 7.10. The molecule has 4 nitrogen and oxygen atoms in total. The number of piperidine rings is 1. The minimum Gasteiger partial charge on any atom is -0.394 e. The molecule has 2 heterocycles. The quantitative estimate of drug-likeness (QED) is 0.824. The average molecular weight is 254 g/mol. The summed E-state index contributed by atoms with van der Waals surface area (Å²) >= 11 is 0. The van der Waals surface area contributed by atoms with Crippen LogP contribution < -0.4 is 0 Å². The van der Waals surface area contributed by atoms with Crippen molar-refractivity contribution in [1.29, 1.82) is 0 Å². The normalized spacial score (nSPS) is 26.9. The van der Waals surface area contributed by atoms with Crippen LogP contribution in [0.1, 0.15) is 44.9 Å². The van der Waals surface area contributed by atoms with Crippen LogP contribution in [0.4, 0.5) is 0 Å². The maximum atomic E-state index is 12.3. The molecule has 1 N–H and O–H groups in total. The first-order valence-electron chi connectivity index (χ1n) is 7.44. The average Bonchev–Trinajstić information content (AvgIpc) is 2.67. The Morgan fingerprint density at radius 2 is 1.67 bits per heavy atom. The molecule has 0 saturated carbocycles. The van der Waals surface area contributed by atoms with Gasteiger partial charge in [0.25, 0.3) is 0 Å². The first-order valence-corrected chi connectivity index (χ1v) is 7.44. The van der Waals surface area contributed by atoms with E-state index < -0.39 is 0 Å². The zero-order valence-corrected chi connectivity index (χ0v) is 11.3. The van der Waals surface area contributed by atoms with Gasteiger partial charge in [-0.15, -0.1) is 0 Å². The number of likely N-dealkylation sites (tertiary alicyclic amines) is 2. The van der Waals surface area contributed by atoms with Gasteiger partial charge in [-0.1, -0.05) is 12.8 Å². The Morgan fingerprint density at radius 1 is 1.00 bits per heavy atom. The first kappa shape index (κ1) is 13.8. The minimum absolute atomic E-state index is 0.0678. The predicted molar refractivity (Wildman–Crippen MR) is 71.3 cm³/mol. The Bertz CT molecular complexity index is 263. The van der Waals surface area contributed by atoms with Gasteiger partial charge in [0.05, 0.1) is 19.2 Å². The van der Waals surface area contributed by atoms with Crippen molar-refractivity contribution in [2.75, 3.05) is 32.8 Å². The number of aliphatic hydroxyl groups is 1. The van der Waals surface area contributed by atoms with Gasteiger partial charge in [0.2, 0.25) is 5.91 Å². The van der Waals surface area contributed by atoms with Crippen molar-refractivity contribution in [1.82, 2.24) is 9.80 Å². The molecule has 0 aromatic carbocycles. The van der Waals surface area contributed by atoms with Crippen LogP contribution in [0, 0.1) is 0 Å². The number of hydrogen-bond acceptors (Lipinski definition) is 3. The Morgan fingerprint density at radius 3 is 2.33 bits per heavy atom. The lowest BCUT2D eigenvalue weighted by atomic mass is 10.0. The van der Waals surface area contributed by atoms with E-state index in [0.29, 0.717) is 6.54 Å². The Hall–Kier alpha value is -0.610. The standard InChI is InChI=1S/C14H26N2O2/c17-12-13-7-3-6-10-16(13)14(18)11-15-8-4-1-2-5-9-15/h13,17H,1-12H2. The van der Waals surface area contributed by atoms with Crippen molar-refractivity contribution in [2.45, 2.75) is 51.0 Å². The summed E-state index contributed by atoms with van der Waals surface area (Å²) in [5.74, 6) is 0.218. The van der Waals surface area contributed by atoms with E-state index in [-0.39, 0.29) is 18.6 Å². The zero-order valence-electron chi connectivity index (χ0n) is 11.3. The number of carbonyl (C=O) groups is 1. The zero-order chi connectivity index (χ0) is 12.8. The van der Waals surface area contributed by atoms with Crippen LogP contribution in [0.25, 0.3) is 0 Å². The SMILES string of the molecule is O=C(CN1CCCCCC1)N1CCCCC1CO. The van der Waals surface area contributed by atoms with E-state index in [1.165, 1.54) is 25.7 Å². The molecule has 2 fully saturated rings. The van der Waals surface area contributed by atoms with Gasteiger partial charge in [0, 0.05) is 6.54 Å². The van der Waals surface area contributed by atoms with Crippen molar-refractivity contribution in [3.63, 3.8) is 0 Å². The minimum atomic E-state index is 0.0678. The number of amides is 1. The van der Waals surface area contributed by atoms with E-state index in [4.69, 9.17) is 0 Å². The van der Waals surface area contributed by atoms with E-state index in [9.17, 15) is 9.90 Å². The third-order valence-corrected chi connectivity index (χ3v) is 4.22. The van der Waals surface area contributed by atoms with E-state index in [0.717, 1.165) is 38.9 Å². The highest BCUT2D eigenvalue weighted by molar-refractivity contribution is 5.78. The lowest BCUT2D eigenvalue weighted by Gasteiger charge is -2.36. The molecule has 104 valence electrons. The molecule has 18 heavy (non-hydrogen) atoms. The maximum absolute atomic E-state index is 12.3. The van der Waals surface area contributed by atoms with Crippen molar-refractivity contribution in [3.8, 4) is 0 Å². The van der Waals surface area contributed by atoms with Crippen LogP contribution in [0.2, 0.25) is 0 Å². The fourth-order valence-electron chi connectivity index (χ4n) is 3.10. The third-order valence-electron chi connectivity index (χ3n) is 4.22. The molecule has 0 aromatic rings. The van der Waals surface area contributed by atoms with Gasteiger partial charge in [0.1, 0.15) is 0 Å². The van der Waals surface area contributed by atoms with Crippen LogP contribution in [-0.2, 0) is 4.79 Å². The molecule has 2 saturated heterocycles. The third kappa shape index (κ3) is 3.69. The highest BCUT2D eigenvalue weighted by atomic mass is 16.3. The smallest absolute Gasteiger partial charge is 0.237 e. The highest BCUT2D eigenvalue weighted by Crippen LogP contribution is 2.17. The van der Waals surface area contributed by atoms with Gasteiger partial charge < -0.3 is 10.0 Å². The van der Waals surface area contributed by atoms with Crippen LogP contribution in [0.5, 0.6) is 0 Å². The van der Waals surface area contributed by atoms with E-state index >= 15 is 0 Å². The van der Waals surface area contributed by atoms with E-state index in [2.05, 4.69) is 4.90 Å². The van der Waals surface area contributed by atoms with Gasteiger partial charge in [-0.05, 0) is 45.2 Å². The molecule has 2 aliphatic rings. The molecule has 1 atom stereocenters. The molecule has 0 spiro atoms. The number of nitrogens with zero attached hydrogens (tertiary/aromatic N) is 2. The van der Waals surface area contributed by atoms with Crippen LogP contribution in [-0.4, -0.2) is 59.6 Å². The lowest BCUT2D eigenvalue weighted by Crippen LogP contribution is -2.49. The fraction of sp³-hybridized carbons (Fsp3) is 0.929. The second-order valence-electron chi connectivity index (χ2n) is 5.61. The number of hydrogen-bond donors (Lipinski definition) is 1. The molecule has 1 amide bonds. The maximum Gasteiger partial charge on any atom is 0.237 e. The van der Waals surface area contributed by atoms with Gasteiger partial charge in [-0.2, -0.15) is 0 Å². The Balaban J connectivity index is 1.85. The molecule has 2 rings (SSSR count). The fourth-order valence-corrected chi connectivity index (χ4v) is 3.10. The lowest BCUT2D eigenvalue weighted by molar-refractivity contribution is -0.137. The van der Waals surface area contributed by atoms with Gasteiger partial charge >= 0.3 is 0 Å². The summed E-state index contributed by atoms with van der Waals surface area (Å²) in [6, 6.07) is 0.0678. The largest absolute Gasteiger partial charge is 0.394 e. The number of aliphatic hydroxyl groups excluding tert-OH is 1. The van der Waals surface area contributed by atoms with Crippen molar-refractivity contribution >= 4 is 5.91 Å². The first-order chi connectivity index (χ1) is 8.81. The summed E-state index contributed by atoms with van der Waals surface area (Å²) in [5.41, 5.74) is 0. The molecule has 1 unspecified atom stereocenters. The van der Waals surface area contributed by atoms with Gasteiger partial charge in [-0.25, -0.2) is 0 Å². The molecule has 0 bridgehead atoms. The monoisotopic (exact) mass is 254 g/mol. The van der Waals surface area contributed by atoms with E-state index in [1.807, 2.05) is 4.90 Å². The van der Waals surface area contributed by atoms with Crippen LogP contribution >= 0.6 is 0 Å². The molecular formula is C14H26N2O2. The molecule has 0 aromatic heterocycles.